The number of aliphatic hydroxyl groups excluding tert-OH is 1. The second-order valence-corrected chi connectivity index (χ2v) is 11.3. The summed E-state index contributed by atoms with van der Waals surface area (Å²) < 4.78 is 6.52. The van der Waals surface area contributed by atoms with Gasteiger partial charge >= 0.3 is 0 Å². The van der Waals surface area contributed by atoms with Gasteiger partial charge in [0, 0.05) is 29.5 Å². The van der Waals surface area contributed by atoms with Crippen LogP contribution in [0.3, 0.4) is 0 Å². The van der Waals surface area contributed by atoms with E-state index in [4.69, 9.17) is 11.3 Å². The maximum atomic E-state index is 13.4. The predicted molar refractivity (Wildman–Crippen MR) is 150 cm³/mol. The Labute approximate surface area is 228 Å². The summed E-state index contributed by atoms with van der Waals surface area (Å²) in [6.07, 6.45) is 5.64. The Hall–Kier alpha value is -3.92. The van der Waals surface area contributed by atoms with Gasteiger partial charge in [0.25, 0.3) is 5.91 Å². The molecule has 3 aromatic rings. The van der Waals surface area contributed by atoms with Crippen LogP contribution in [0.2, 0.25) is 0 Å². The molecule has 2 heterocycles. The largest absolute Gasteiger partial charge is 0.485 e. The molecule has 196 valence electrons. The first-order valence-electron chi connectivity index (χ1n) is 13.7. The normalized spacial score (nSPS) is 27.8. The maximum Gasteiger partial charge on any atom is 0.255 e. The number of benzene rings is 3. The molecule has 4 aliphatic rings. The topological polar surface area (TPSA) is 66.2 Å². The van der Waals surface area contributed by atoms with Gasteiger partial charge in [0.2, 0.25) is 0 Å². The Kier molecular flexibility index (Phi) is 5.62. The molecular formula is C33H31N3O3. The number of carbonyl (C=O) groups is 1. The molecule has 39 heavy (non-hydrogen) atoms. The van der Waals surface area contributed by atoms with Crippen molar-refractivity contribution >= 4 is 11.6 Å². The number of rotatable bonds is 5. The lowest BCUT2D eigenvalue weighted by atomic mass is 9.53. The van der Waals surface area contributed by atoms with Crippen molar-refractivity contribution in [1.29, 1.82) is 0 Å². The number of ether oxygens (including phenoxy) is 1. The second kappa shape index (κ2) is 9.08. The molecule has 1 saturated heterocycles. The molecular weight excluding hydrogens is 486 g/mol. The van der Waals surface area contributed by atoms with Crippen LogP contribution >= 0.6 is 0 Å². The van der Waals surface area contributed by atoms with E-state index in [-0.39, 0.29) is 23.3 Å². The van der Waals surface area contributed by atoms with Crippen molar-refractivity contribution < 1.29 is 14.6 Å². The molecule has 0 radical (unpaired) electrons. The van der Waals surface area contributed by atoms with E-state index in [0.29, 0.717) is 29.6 Å². The fourth-order valence-electron chi connectivity index (χ4n) is 7.44. The molecule has 2 aliphatic carbocycles. The van der Waals surface area contributed by atoms with Gasteiger partial charge in [0.15, 0.2) is 5.69 Å². The fraction of sp³-hybridized carbons (Fsp3) is 0.333. The number of nitrogens with zero attached hydrogens (tertiary/aromatic N) is 2. The number of likely N-dealkylation sites (tertiary alicyclic amines) is 1. The van der Waals surface area contributed by atoms with Crippen molar-refractivity contribution in [2.45, 2.75) is 42.9 Å². The summed E-state index contributed by atoms with van der Waals surface area (Å²) in [5.41, 5.74) is 6.67. The average Bonchev–Trinajstić information content (AvgIpc) is 3.32. The van der Waals surface area contributed by atoms with E-state index in [1.807, 2.05) is 36.4 Å². The van der Waals surface area contributed by atoms with Crippen LogP contribution in [0, 0.1) is 12.5 Å². The van der Waals surface area contributed by atoms with Crippen LogP contribution in [0.15, 0.2) is 72.8 Å². The van der Waals surface area contributed by atoms with E-state index in [0.717, 1.165) is 48.1 Å². The number of nitrogens with one attached hydrogen (secondary N) is 1. The van der Waals surface area contributed by atoms with E-state index in [2.05, 4.69) is 58.5 Å². The molecule has 1 fully saturated rings. The highest BCUT2D eigenvalue weighted by Crippen LogP contribution is 2.61. The van der Waals surface area contributed by atoms with E-state index in [9.17, 15) is 9.90 Å². The minimum Gasteiger partial charge on any atom is -0.485 e. The van der Waals surface area contributed by atoms with Crippen LogP contribution in [0.25, 0.3) is 16.0 Å². The predicted octanol–water partition coefficient (Wildman–Crippen LogP) is 4.68. The van der Waals surface area contributed by atoms with Crippen LogP contribution in [0.5, 0.6) is 5.75 Å². The standard InChI is InChI=1S/C33H31N3O3/c1-34-24-10-7-22(8-11-24)21-5-3-20(4-6-21)15-17-35-32(38)25-12-9-23-19-27-26-13-14-28(37)31-33(26,16-18-36(27)2)29(23)30(25)39-31/h3-14,26-28,31,37H,15-19H2,2H3,(H,35,38)/t26-,27+,28-,31?,33-/m0/s1. The average molecular weight is 518 g/mol. The molecule has 0 aromatic heterocycles. The van der Waals surface area contributed by atoms with Gasteiger partial charge in [0.05, 0.1) is 12.1 Å². The molecule has 6 heteroatoms. The first-order chi connectivity index (χ1) is 19.0. The molecule has 2 aliphatic heterocycles. The summed E-state index contributed by atoms with van der Waals surface area (Å²) in [4.78, 5) is 19.3. The number of piperidine rings is 1. The zero-order chi connectivity index (χ0) is 26.7. The van der Waals surface area contributed by atoms with Gasteiger partial charge in [-0.1, -0.05) is 66.7 Å². The zero-order valence-corrected chi connectivity index (χ0v) is 21.9. The summed E-state index contributed by atoms with van der Waals surface area (Å²) in [7, 11) is 2.19. The van der Waals surface area contributed by atoms with Crippen LogP contribution < -0.4 is 10.1 Å². The molecule has 1 spiro atoms. The molecule has 6 nitrogen and oxygen atoms in total. The number of aliphatic hydroxyl groups is 1. The Morgan fingerprint density at radius 2 is 1.85 bits per heavy atom. The Morgan fingerprint density at radius 1 is 1.10 bits per heavy atom. The van der Waals surface area contributed by atoms with E-state index in [1.165, 1.54) is 5.56 Å². The molecule has 0 saturated carbocycles. The molecule has 2 bridgehead atoms. The first-order valence-corrected chi connectivity index (χ1v) is 13.7. The lowest BCUT2D eigenvalue weighted by molar-refractivity contribution is -0.0451. The van der Waals surface area contributed by atoms with Gasteiger partial charge in [-0.15, -0.1) is 0 Å². The van der Waals surface area contributed by atoms with Gasteiger partial charge in [0.1, 0.15) is 18.0 Å². The third-order valence-electron chi connectivity index (χ3n) is 9.40. The van der Waals surface area contributed by atoms with E-state index >= 15 is 0 Å². The third-order valence-corrected chi connectivity index (χ3v) is 9.40. The second-order valence-electron chi connectivity index (χ2n) is 11.3. The van der Waals surface area contributed by atoms with E-state index in [1.54, 1.807) is 0 Å². The lowest BCUT2D eigenvalue weighted by Crippen LogP contribution is -2.64. The Balaban J connectivity index is 1.08. The highest BCUT2D eigenvalue weighted by Gasteiger charge is 2.64. The van der Waals surface area contributed by atoms with Crippen molar-refractivity contribution in [2.24, 2.45) is 5.92 Å². The zero-order valence-electron chi connectivity index (χ0n) is 21.9. The van der Waals surface area contributed by atoms with Gasteiger partial charge in [-0.3, -0.25) is 4.79 Å². The molecule has 2 N–H and O–H groups in total. The van der Waals surface area contributed by atoms with Crippen molar-refractivity contribution in [1.82, 2.24) is 10.2 Å². The van der Waals surface area contributed by atoms with Crippen molar-refractivity contribution in [3.63, 3.8) is 0 Å². The summed E-state index contributed by atoms with van der Waals surface area (Å²) in [6.45, 7) is 8.58. The van der Waals surface area contributed by atoms with Crippen molar-refractivity contribution in [3.05, 3.63) is 106 Å². The monoisotopic (exact) mass is 517 g/mol. The minimum atomic E-state index is -0.673. The lowest BCUT2D eigenvalue weighted by Gasteiger charge is -2.56. The quantitative estimate of drug-likeness (QED) is 0.381. The number of likely N-dealkylation sites (N-methyl/N-ethyl adjacent to an activating group) is 1. The van der Waals surface area contributed by atoms with Gasteiger partial charge in [-0.2, -0.15) is 0 Å². The molecule has 5 atom stereocenters. The highest BCUT2D eigenvalue weighted by atomic mass is 16.5. The third kappa shape index (κ3) is 3.65. The summed E-state index contributed by atoms with van der Waals surface area (Å²) in [5.74, 6) is 0.832. The number of carbonyl (C=O) groups excluding carboxylic acids is 1. The fourth-order valence-corrected chi connectivity index (χ4v) is 7.44. The number of amides is 1. The minimum absolute atomic E-state index is 0.131. The summed E-state index contributed by atoms with van der Waals surface area (Å²) in [5, 5.41) is 14.0. The molecule has 1 unspecified atom stereocenters. The van der Waals surface area contributed by atoms with Crippen molar-refractivity contribution in [2.75, 3.05) is 20.1 Å². The molecule has 3 aromatic carbocycles. The Morgan fingerprint density at radius 3 is 2.59 bits per heavy atom. The van der Waals surface area contributed by atoms with Crippen LogP contribution in [0.1, 0.15) is 33.5 Å². The SMILES string of the molecule is [C-]#[N+]c1ccc(-c2ccc(CCNC(=O)c3ccc4c5c3OC3[C@@H](O)C=C[C@H]6[C@@H](C4)N(C)CC[C@]536)cc2)cc1. The maximum absolute atomic E-state index is 13.4. The van der Waals surface area contributed by atoms with Crippen LogP contribution in [0.4, 0.5) is 5.69 Å². The van der Waals surface area contributed by atoms with Gasteiger partial charge < -0.3 is 20.1 Å². The van der Waals surface area contributed by atoms with Gasteiger partial charge in [-0.05, 0) is 61.2 Å². The molecule has 1 amide bonds. The first kappa shape index (κ1) is 24.1. The van der Waals surface area contributed by atoms with E-state index < -0.39 is 6.10 Å². The smallest absolute Gasteiger partial charge is 0.255 e. The summed E-state index contributed by atoms with van der Waals surface area (Å²) in [6, 6.07) is 20.3. The van der Waals surface area contributed by atoms with Crippen molar-refractivity contribution in [3.8, 4) is 16.9 Å². The summed E-state index contributed by atoms with van der Waals surface area (Å²) >= 11 is 0. The number of hydrogen-bond acceptors (Lipinski definition) is 4. The highest BCUT2D eigenvalue weighted by molar-refractivity contribution is 5.98. The van der Waals surface area contributed by atoms with Gasteiger partial charge in [-0.25, -0.2) is 4.85 Å². The van der Waals surface area contributed by atoms with Crippen LogP contribution in [-0.2, 0) is 18.3 Å². The molecule has 7 rings (SSSR count). The van der Waals surface area contributed by atoms with Crippen LogP contribution in [-0.4, -0.2) is 54.3 Å². The number of hydrogen-bond donors (Lipinski definition) is 2. The Bertz CT molecular complexity index is 1520.